The number of rotatable bonds is 7. The average Bonchev–Trinajstić information content (AvgIpc) is 3.55. The molecule has 9 nitrogen and oxygen atoms in total. The quantitative estimate of drug-likeness (QED) is 0.544. The van der Waals surface area contributed by atoms with Gasteiger partial charge in [-0.2, -0.15) is 10.2 Å². The molecule has 182 valence electrons. The van der Waals surface area contributed by atoms with Gasteiger partial charge in [0, 0.05) is 25.6 Å². The van der Waals surface area contributed by atoms with Gasteiger partial charge in [0.1, 0.15) is 23.4 Å². The molecule has 4 rings (SSSR count). The smallest absolute Gasteiger partial charge is 0.266 e. The summed E-state index contributed by atoms with van der Waals surface area (Å²) in [5, 5.41) is 11.7. The highest BCUT2D eigenvalue weighted by Crippen LogP contribution is 2.31. The number of likely N-dealkylation sites (N-methyl/N-ethyl adjacent to an activating group) is 1. The molecule has 0 aliphatic carbocycles. The number of hydrogen-bond acceptors (Lipinski definition) is 7. The molecule has 0 atom stereocenters. The van der Waals surface area contributed by atoms with Gasteiger partial charge in [-0.15, -0.1) is 0 Å². The number of amides is 2. The number of nitriles is 1. The van der Waals surface area contributed by atoms with Gasteiger partial charge < -0.3 is 24.0 Å². The van der Waals surface area contributed by atoms with E-state index in [1.165, 1.54) is 17.2 Å². The van der Waals surface area contributed by atoms with Gasteiger partial charge in [-0.05, 0) is 44.0 Å². The van der Waals surface area contributed by atoms with E-state index in [0.717, 1.165) is 12.1 Å². The molecule has 0 bridgehead atoms. The van der Waals surface area contributed by atoms with Gasteiger partial charge >= 0.3 is 0 Å². The lowest BCUT2D eigenvalue weighted by Crippen LogP contribution is -2.45. The molecular weight excluding hydrogens is 460 g/mol. The minimum atomic E-state index is -0.889. The van der Waals surface area contributed by atoms with Gasteiger partial charge in [0.2, 0.25) is 23.4 Å². The summed E-state index contributed by atoms with van der Waals surface area (Å²) < 4.78 is 38.7. The third-order valence-electron chi connectivity index (χ3n) is 5.83. The number of nitrogens with one attached hydrogen (secondary N) is 1. The summed E-state index contributed by atoms with van der Waals surface area (Å²) in [6.45, 7) is 2.56. The summed E-state index contributed by atoms with van der Waals surface area (Å²) in [7, 11) is 0. The van der Waals surface area contributed by atoms with Crippen LogP contribution < -0.4 is 10.2 Å². The molecule has 3 heterocycles. The van der Waals surface area contributed by atoms with Crippen LogP contribution in [0.25, 0.3) is 11.7 Å². The predicted octanol–water partition coefficient (Wildman–Crippen LogP) is 3.79. The largest absolute Gasteiger partial charge is 0.459 e. The Morgan fingerprint density at radius 1 is 1.23 bits per heavy atom. The lowest BCUT2D eigenvalue weighted by atomic mass is 9.95. The maximum atomic E-state index is 13.8. The van der Waals surface area contributed by atoms with E-state index in [2.05, 4.69) is 10.3 Å². The zero-order valence-corrected chi connectivity index (χ0v) is 19.0. The highest BCUT2D eigenvalue weighted by molar-refractivity contribution is 5.95. The molecule has 0 unspecified atom stereocenters. The summed E-state index contributed by atoms with van der Waals surface area (Å²) in [6, 6.07) is 8.67. The fraction of sp³-hybridized carbons (Fsp3) is 0.333. The van der Waals surface area contributed by atoms with Gasteiger partial charge in [0.05, 0.1) is 12.8 Å². The predicted molar refractivity (Wildman–Crippen MR) is 121 cm³/mol. The second-order valence-electron chi connectivity index (χ2n) is 8.02. The maximum absolute atomic E-state index is 13.8. The highest BCUT2D eigenvalue weighted by atomic mass is 19.1. The Morgan fingerprint density at radius 2 is 1.94 bits per heavy atom. The Hall–Kier alpha value is -4.20. The van der Waals surface area contributed by atoms with Crippen molar-refractivity contribution in [2.75, 3.05) is 36.4 Å². The summed E-state index contributed by atoms with van der Waals surface area (Å²) in [5.74, 6) is -2.10. The topological polar surface area (TPSA) is 116 Å². The molecule has 3 aromatic rings. The summed E-state index contributed by atoms with van der Waals surface area (Å²) >= 11 is 0. The molecule has 35 heavy (non-hydrogen) atoms. The van der Waals surface area contributed by atoms with Crippen LogP contribution in [-0.2, 0) is 9.59 Å². The van der Waals surface area contributed by atoms with E-state index in [0.29, 0.717) is 37.6 Å². The summed E-state index contributed by atoms with van der Waals surface area (Å²) in [6.07, 6.45) is 2.43. The minimum absolute atomic E-state index is 0.133. The number of piperidine rings is 1. The van der Waals surface area contributed by atoms with E-state index in [1.54, 1.807) is 19.1 Å². The van der Waals surface area contributed by atoms with Crippen molar-refractivity contribution >= 4 is 23.4 Å². The molecule has 1 fully saturated rings. The van der Waals surface area contributed by atoms with Gasteiger partial charge in [0.25, 0.3) is 5.89 Å². The van der Waals surface area contributed by atoms with Crippen LogP contribution in [0.3, 0.4) is 0 Å². The van der Waals surface area contributed by atoms with Crippen LogP contribution in [-0.4, -0.2) is 47.9 Å². The molecule has 1 saturated heterocycles. The molecule has 0 saturated carbocycles. The molecule has 11 heteroatoms. The first-order valence-corrected chi connectivity index (χ1v) is 11.1. The van der Waals surface area contributed by atoms with Crippen molar-refractivity contribution in [1.82, 2.24) is 9.88 Å². The zero-order valence-electron chi connectivity index (χ0n) is 19.0. The molecule has 1 aliphatic heterocycles. The second-order valence-corrected chi connectivity index (χ2v) is 8.02. The van der Waals surface area contributed by atoms with Crippen LogP contribution in [0.15, 0.2) is 45.4 Å². The highest BCUT2D eigenvalue weighted by Gasteiger charge is 2.32. The minimum Gasteiger partial charge on any atom is -0.459 e. The molecular formula is C24H23F2N5O4. The number of aromatic nitrogens is 1. The van der Waals surface area contributed by atoms with E-state index >= 15 is 0 Å². The number of anilines is 2. The second kappa shape index (κ2) is 10.4. The van der Waals surface area contributed by atoms with E-state index < -0.39 is 23.2 Å². The first-order chi connectivity index (χ1) is 16.9. The number of benzene rings is 1. The number of nitrogens with zero attached hydrogens (tertiary/aromatic N) is 4. The third-order valence-corrected chi connectivity index (χ3v) is 5.83. The molecule has 1 N–H and O–H groups in total. The Bertz CT molecular complexity index is 1220. The van der Waals surface area contributed by atoms with Crippen molar-refractivity contribution in [3.05, 3.63) is 53.9 Å². The maximum Gasteiger partial charge on any atom is 0.266 e. The lowest BCUT2D eigenvalue weighted by Gasteiger charge is -2.33. The van der Waals surface area contributed by atoms with E-state index in [4.69, 9.17) is 8.83 Å². The van der Waals surface area contributed by atoms with E-state index in [-0.39, 0.29) is 36.5 Å². The van der Waals surface area contributed by atoms with Crippen molar-refractivity contribution in [3.63, 3.8) is 0 Å². The molecule has 2 amide bonds. The van der Waals surface area contributed by atoms with Crippen LogP contribution >= 0.6 is 0 Å². The summed E-state index contributed by atoms with van der Waals surface area (Å²) in [4.78, 5) is 32.8. The third kappa shape index (κ3) is 5.16. The molecule has 1 aromatic carbocycles. The van der Waals surface area contributed by atoms with E-state index in [9.17, 15) is 23.6 Å². The van der Waals surface area contributed by atoms with Gasteiger partial charge in [0.15, 0.2) is 5.76 Å². The molecule has 0 spiro atoms. The van der Waals surface area contributed by atoms with Gasteiger partial charge in [-0.3, -0.25) is 9.59 Å². The molecule has 0 radical (unpaired) electrons. The van der Waals surface area contributed by atoms with Crippen molar-refractivity contribution in [2.24, 2.45) is 5.92 Å². The van der Waals surface area contributed by atoms with Crippen LogP contribution in [0.1, 0.15) is 25.5 Å². The van der Waals surface area contributed by atoms with Crippen molar-refractivity contribution < 1.29 is 27.2 Å². The number of para-hydroxylation sites is 1. The number of hydrogen-bond donors (Lipinski definition) is 1. The number of carbonyl (C=O) groups excluding carboxylic acids is 2. The standard InChI is InChI=1S/C24H23F2N5O4/c1-2-30(14-20(32)29-21-16(25)5-3-6-17(21)26)23(33)15-8-10-31(11-9-15)24-18(13-27)28-22(35-24)19-7-4-12-34-19/h3-7,12,15H,2,8-11,14H2,1H3,(H,29,32). The monoisotopic (exact) mass is 483 g/mol. The lowest BCUT2D eigenvalue weighted by molar-refractivity contribution is -0.138. The normalized spacial score (nSPS) is 13.9. The van der Waals surface area contributed by atoms with E-state index in [1.807, 2.05) is 11.0 Å². The SMILES string of the molecule is CCN(CC(=O)Nc1c(F)cccc1F)C(=O)C1CCN(c2oc(-c3ccco3)nc2C#N)CC1. The van der Waals surface area contributed by atoms with Crippen LogP contribution in [0.4, 0.5) is 20.4 Å². The zero-order chi connectivity index (χ0) is 24.9. The molecule has 1 aliphatic rings. The van der Waals surface area contributed by atoms with Crippen molar-refractivity contribution in [3.8, 4) is 17.7 Å². The fourth-order valence-corrected chi connectivity index (χ4v) is 4.01. The Morgan fingerprint density at radius 3 is 2.54 bits per heavy atom. The Labute approximate surface area is 199 Å². The number of carbonyl (C=O) groups is 2. The Balaban J connectivity index is 1.37. The number of furan rings is 1. The first-order valence-electron chi connectivity index (χ1n) is 11.1. The summed E-state index contributed by atoms with van der Waals surface area (Å²) in [5.41, 5.74) is -0.406. The van der Waals surface area contributed by atoms with Crippen LogP contribution in [0, 0.1) is 28.9 Å². The Kier molecular flexibility index (Phi) is 7.10. The average molecular weight is 483 g/mol. The fourth-order valence-electron chi connectivity index (χ4n) is 4.01. The number of halogens is 2. The van der Waals surface area contributed by atoms with Crippen LogP contribution in [0.5, 0.6) is 0 Å². The molecule has 2 aromatic heterocycles. The van der Waals surface area contributed by atoms with Crippen LogP contribution in [0.2, 0.25) is 0 Å². The van der Waals surface area contributed by atoms with Crippen molar-refractivity contribution in [1.29, 1.82) is 5.26 Å². The van der Waals surface area contributed by atoms with Gasteiger partial charge in [-0.1, -0.05) is 6.07 Å². The first kappa shape index (κ1) is 23.9. The number of oxazole rings is 1. The van der Waals surface area contributed by atoms with Gasteiger partial charge in [-0.25, -0.2) is 8.78 Å². The van der Waals surface area contributed by atoms with Crippen molar-refractivity contribution in [2.45, 2.75) is 19.8 Å².